The van der Waals surface area contributed by atoms with Crippen LogP contribution in [-0.2, 0) is 4.74 Å². The lowest BCUT2D eigenvalue weighted by molar-refractivity contribution is 0.111. The first-order valence-corrected chi connectivity index (χ1v) is 5.96. The van der Waals surface area contributed by atoms with Gasteiger partial charge in [-0.1, -0.05) is 12.1 Å². The molecule has 2 heterocycles. The Labute approximate surface area is 105 Å². The van der Waals surface area contributed by atoms with Gasteiger partial charge in [0.15, 0.2) is 0 Å². The number of fused-ring (bicyclic) bond motifs is 1. The number of aromatic nitrogens is 3. The molecule has 18 heavy (non-hydrogen) atoms. The smallest absolute Gasteiger partial charge is 0.243 e. The lowest BCUT2D eigenvalue weighted by Crippen LogP contribution is -2.34. The first kappa shape index (κ1) is 11.3. The van der Waals surface area contributed by atoms with E-state index in [-0.39, 0.29) is 12.1 Å². The molecule has 0 aliphatic carbocycles. The van der Waals surface area contributed by atoms with Crippen LogP contribution >= 0.6 is 0 Å². The van der Waals surface area contributed by atoms with Crippen molar-refractivity contribution in [2.75, 3.05) is 25.5 Å². The molecule has 1 aliphatic rings. The van der Waals surface area contributed by atoms with Gasteiger partial charge < -0.3 is 15.4 Å². The standard InChI is InChI=1S/C12H15N5O/c1-18-11-7-13-6-10(11)15-12-14-8-4-2-3-5-9(8)16-17-12/h2-5,10-11,13H,6-7H2,1H3,(H,14,15,17)/t10?,11-/m0/s1. The summed E-state index contributed by atoms with van der Waals surface area (Å²) in [5.41, 5.74) is 1.64. The van der Waals surface area contributed by atoms with Crippen LogP contribution in [0.25, 0.3) is 11.0 Å². The third kappa shape index (κ3) is 2.12. The van der Waals surface area contributed by atoms with Crippen LogP contribution in [0.4, 0.5) is 5.95 Å². The Balaban J connectivity index is 1.82. The summed E-state index contributed by atoms with van der Waals surface area (Å²) in [6.07, 6.45) is 0.139. The van der Waals surface area contributed by atoms with Crippen molar-refractivity contribution in [3.05, 3.63) is 24.3 Å². The molecule has 1 saturated heterocycles. The zero-order chi connectivity index (χ0) is 12.4. The molecule has 6 nitrogen and oxygen atoms in total. The van der Waals surface area contributed by atoms with Crippen LogP contribution in [-0.4, -0.2) is 47.5 Å². The fourth-order valence-electron chi connectivity index (χ4n) is 2.15. The summed E-state index contributed by atoms with van der Waals surface area (Å²) in [5, 5.41) is 14.8. The highest BCUT2D eigenvalue weighted by molar-refractivity contribution is 5.74. The number of rotatable bonds is 3. The van der Waals surface area contributed by atoms with Crippen molar-refractivity contribution in [2.24, 2.45) is 0 Å². The van der Waals surface area contributed by atoms with E-state index in [4.69, 9.17) is 4.74 Å². The average molecular weight is 245 g/mol. The van der Waals surface area contributed by atoms with Crippen molar-refractivity contribution < 1.29 is 4.74 Å². The molecular weight excluding hydrogens is 230 g/mol. The van der Waals surface area contributed by atoms with Gasteiger partial charge in [0.1, 0.15) is 5.52 Å². The van der Waals surface area contributed by atoms with Gasteiger partial charge in [0.25, 0.3) is 0 Å². The molecule has 0 amide bonds. The highest BCUT2D eigenvalue weighted by Gasteiger charge is 2.27. The molecule has 1 aromatic heterocycles. The molecule has 1 aliphatic heterocycles. The molecule has 2 aromatic rings. The van der Waals surface area contributed by atoms with E-state index in [1.54, 1.807) is 7.11 Å². The summed E-state index contributed by atoms with van der Waals surface area (Å²) in [6, 6.07) is 7.87. The van der Waals surface area contributed by atoms with Gasteiger partial charge in [-0.2, -0.15) is 0 Å². The fraction of sp³-hybridized carbons (Fsp3) is 0.417. The second-order valence-electron chi connectivity index (χ2n) is 4.31. The Morgan fingerprint density at radius 2 is 2.06 bits per heavy atom. The number of nitrogens with one attached hydrogen (secondary N) is 2. The number of anilines is 1. The number of para-hydroxylation sites is 1. The highest BCUT2D eigenvalue weighted by Crippen LogP contribution is 2.12. The zero-order valence-electron chi connectivity index (χ0n) is 10.1. The fourth-order valence-corrected chi connectivity index (χ4v) is 2.15. The number of nitrogens with zero attached hydrogens (tertiary/aromatic N) is 3. The molecule has 0 radical (unpaired) electrons. The predicted octanol–water partition coefficient (Wildman–Crippen LogP) is 0.423. The van der Waals surface area contributed by atoms with Gasteiger partial charge in [-0.15, -0.1) is 10.2 Å². The Bertz CT molecular complexity index is 547. The molecule has 1 aromatic carbocycles. The Morgan fingerprint density at radius 3 is 2.89 bits per heavy atom. The molecule has 1 fully saturated rings. The van der Waals surface area contributed by atoms with Crippen molar-refractivity contribution in [1.82, 2.24) is 20.5 Å². The molecule has 94 valence electrons. The molecule has 0 bridgehead atoms. The Hall–Kier alpha value is -1.79. The van der Waals surface area contributed by atoms with E-state index in [1.165, 1.54) is 0 Å². The minimum Gasteiger partial charge on any atom is -0.378 e. The van der Waals surface area contributed by atoms with Gasteiger partial charge in [-0.25, -0.2) is 4.98 Å². The SMILES string of the molecule is CO[C@H]1CNCC1Nc1nnc2ccccc2n1. The molecule has 0 spiro atoms. The van der Waals surface area contributed by atoms with Crippen LogP contribution in [0.5, 0.6) is 0 Å². The van der Waals surface area contributed by atoms with E-state index < -0.39 is 0 Å². The summed E-state index contributed by atoms with van der Waals surface area (Å²) in [5.74, 6) is 0.546. The van der Waals surface area contributed by atoms with E-state index in [0.29, 0.717) is 5.95 Å². The van der Waals surface area contributed by atoms with Gasteiger partial charge in [-0.3, -0.25) is 0 Å². The molecule has 3 rings (SSSR count). The number of benzene rings is 1. The maximum atomic E-state index is 5.38. The van der Waals surface area contributed by atoms with Crippen LogP contribution < -0.4 is 10.6 Å². The first-order valence-electron chi connectivity index (χ1n) is 5.96. The molecule has 0 saturated carbocycles. The second-order valence-corrected chi connectivity index (χ2v) is 4.31. The van der Waals surface area contributed by atoms with Gasteiger partial charge in [-0.05, 0) is 12.1 Å². The molecular formula is C12H15N5O. The summed E-state index contributed by atoms with van der Waals surface area (Å²) < 4.78 is 5.38. The molecule has 1 unspecified atom stereocenters. The van der Waals surface area contributed by atoms with Crippen LogP contribution in [0, 0.1) is 0 Å². The molecule has 2 atom stereocenters. The third-order valence-corrected chi connectivity index (χ3v) is 3.14. The summed E-state index contributed by atoms with van der Waals surface area (Å²) in [4.78, 5) is 4.44. The quantitative estimate of drug-likeness (QED) is 0.816. The maximum absolute atomic E-state index is 5.38. The minimum atomic E-state index is 0.139. The van der Waals surface area contributed by atoms with Crippen molar-refractivity contribution >= 4 is 17.0 Å². The average Bonchev–Trinajstić information content (AvgIpc) is 2.86. The van der Waals surface area contributed by atoms with Crippen LogP contribution in [0.3, 0.4) is 0 Å². The van der Waals surface area contributed by atoms with Crippen molar-refractivity contribution in [3.8, 4) is 0 Å². The van der Waals surface area contributed by atoms with Crippen LogP contribution in [0.2, 0.25) is 0 Å². The predicted molar refractivity (Wildman–Crippen MR) is 68.4 cm³/mol. The third-order valence-electron chi connectivity index (χ3n) is 3.14. The first-order chi connectivity index (χ1) is 8.86. The van der Waals surface area contributed by atoms with Gasteiger partial charge in [0.05, 0.1) is 17.7 Å². The van der Waals surface area contributed by atoms with E-state index in [9.17, 15) is 0 Å². The Kier molecular flexibility index (Phi) is 3.04. The number of ether oxygens (including phenoxy) is 1. The van der Waals surface area contributed by atoms with E-state index in [0.717, 1.165) is 24.1 Å². The van der Waals surface area contributed by atoms with Gasteiger partial charge >= 0.3 is 0 Å². The van der Waals surface area contributed by atoms with E-state index in [2.05, 4.69) is 25.8 Å². The number of methoxy groups -OCH3 is 1. The van der Waals surface area contributed by atoms with Crippen molar-refractivity contribution in [2.45, 2.75) is 12.1 Å². The lowest BCUT2D eigenvalue weighted by Gasteiger charge is -2.18. The molecule has 2 N–H and O–H groups in total. The van der Waals surface area contributed by atoms with E-state index >= 15 is 0 Å². The van der Waals surface area contributed by atoms with Crippen LogP contribution in [0.15, 0.2) is 24.3 Å². The monoisotopic (exact) mass is 245 g/mol. The summed E-state index contributed by atoms with van der Waals surface area (Å²) >= 11 is 0. The minimum absolute atomic E-state index is 0.139. The largest absolute Gasteiger partial charge is 0.378 e. The van der Waals surface area contributed by atoms with Crippen LogP contribution in [0.1, 0.15) is 0 Å². The normalized spacial score (nSPS) is 23.4. The van der Waals surface area contributed by atoms with Gasteiger partial charge in [0, 0.05) is 20.2 Å². The number of hydrogen-bond donors (Lipinski definition) is 2. The summed E-state index contributed by atoms with van der Waals surface area (Å²) in [7, 11) is 1.71. The Morgan fingerprint density at radius 1 is 1.22 bits per heavy atom. The van der Waals surface area contributed by atoms with Crippen molar-refractivity contribution in [1.29, 1.82) is 0 Å². The van der Waals surface area contributed by atoms with E-state index in [1.807, 2.05) is 24.3 Å². The van der Waals surface area contributed by atoms with Gasteiger partial charge in [0.2, 0.25) is 5.95 Å². The number of hydrogen-bond acceptors (Lipinski definition) is 6. The summed E-state index contributed by atoms with van der Waals surface area (Å²) in [6.45, 7) is 1.68. The topological polar surface area (TPSA) is 72.0 Å². The highest BCUT2D eigenvalue weighted by atomic mass is 16.5. The maximum Gasteiger partial charge on any atom is 0.243 e. The second kappa shape index (κ2) is 4.83. The lowest BCUT2D eigenvalue weighted by atomic mass is 10.2. The molecule has 6 heteroatoms. The zero-order valence-corrected chi connectivity index (χ0v) is 10.1. The van der Waals surface area contributed by atoms with Crippen molar-refractivity contribution in [3.63, 3.8) is 0 Å².